The maximum atomic E-state index is 9.57. The molecule has 0 N–H and O–H groups in total. The van der Waals surface area contributed by atoms with Crippen molar-refractivity contribution in [2.24, 2.45) is 0 Å². The molecule has 0 fully saturated rings. The number of rotatable bonds is 11. The SMILES string of the molecule is CCCCCCOc1ccc(-c2ccc(-c3ccc(CCCC)cc3)cc2)cc1C#N. The van der Waals surface area contributed by atoms with E-state index in [-0.39, 0.29) is 0 Å². The summed E-state index contributed by atoms with van der Waals surface area (Å²) in [5, 5.41) is 9.57. The Morgan fingerprint density at radius 1 is 0.677 bits per heavy atom. The molecule has 0 heterocycles. The minimum atomic E-state index is 0.597. The zero-order valence-corrected chi connectivity index (χ0v) is 18.9. The maximum absolute atomic E-state index is 9.57. The molecule has 0 aliphatic carbocycles. The van der Waals surface area contributed by atoms with Crippen LogP contribution in [-0.4, -0.2) is 6.61 Å². The fourth-order valence-electron chi connectivity index (χ4n) is 3.73. The molecule has 2 heteroatoms. The van der Waals surface area contributed by atoms with Gasteiger partial charge in [-0.1, -0.05) is 94.1 Å². The van der Waals surface area contributed by atoms with E-state index in [1.165, 1.54) is 48.8 Å². The van der Waals surface area contributed by atoms with E-state index in [1.54, 1.807) is 0 Å². The number of unbranched alkanes of at least 4 members (excludes halogenated alkanes) is 4. The van der Waals surface area contributed by atoms with Gasteiger partial charge in [0.15, 0.2) is 0 Å². The van der Waals surface area contributed by atoms with E-state index in [0.717, 1.165) is 24.0 Å². The summed E-state index contributed by atoms with van der Waals surface area (Å²) < 4.78 is 5.85. The molecule has 0 radical (unpaired) electrons. The molecule has 0 aliphatic heterocycles. The Balaban J connectivity index is 1.68. The van der Waals surface area contributed by atoms with E-state index >= 15 is 0 Å². The van der Waals surface area contributed by atoms with E-state index in [4.69, 9.17) is 4.74 Å². The summed E-state index contributed by atoms with van der Waals surface area (Å²) in [5.41, 5.74) is 6.58. The minimum Gasteiger partial charge on any atom is -0.492 e. The lowest BCUT2D eigenvalue weighted by molar-refractivity contribution is 0.304. The lowest BCUT2D eigenvalue weighted by atomic mass is 9.98. The summed E-state index contributed by atoms with van der Waals surface area (Å²) in [4.78, 5) is 0. The first-order valence-electron chi connectivity index (χ1n) is 11.6. The molecule has 2 nitrogen and oxygen atoms in total. The van der Waals surface area contributed by atoms with Gasteiger partial charge in [-0.3, -0.25) is 0 Å². The summed E-state index contributed by atoms with van der Waals surface area (Å²) in [5.74, 6) is 0.683. The molecule has 3 rings (SSSR count). The van der Waals surface area contributed by atoms with Crippen LogP contribution in [0.15, 0.2) is 66.7 Å². The molecular formula is C29H33NO. The minimum absolute atomic E-state index is 0.597. The van der Waals surface area contributed by atoms with Gasteiger partial charge in [-0.15, -0.1) is 0 Å². The third-order valence-corrected chi connectivity index (χ3v) is 5.68. The van der Waals surface area contributed by atoms with Gasteiger partial charge in [0.2, 0.25) is 0 Å². The fraction of sp³-hybridized carbons (Fsp3) is 0.345. The van der Waals surface area contributed by atoms with Crippen molar-refractivity contribution in [3.05, 3.63) is 77.9 Å². The number of nitrogens with zero attached hydrogens (tertiary/aromatic N) is 1. The third-order valence-electron chi connectivity index (χ3n) is 5.68. The Hall–Kier alpha value is -3.05. The average Bonchev–Trinajstić information content (AvgIpc) is 2.83. The van der Waals surface area contributed by atoms with Crippen molar-refractivity contribution in [1.82, 2.24) is 0 Å². The van der Waals surface area contributed by atoms with Gasteiger partial charge in [-0.2, -0.15) is 5.26 Å². The number of nitriles is 1. The molecule has 0 unspecified atom stereocenters. The van der Waals surface area contributed by atoms with Crippen molar-refractivity contribution in [2.45, 2.75) is 58.8 Å². The molecule has 0 atom stereocenters. The van der Waals surface area contributed by atoms with Crippen molar-refractivity contribution in [3.63, 3.8) is 0 Å². The smallest absolute Gasteiger partial charge is 0.137 e. The fourth-order valence-corrected chi connectivity index (χ4v) is 3.73. The standard InChI is InChI=1S/C29H33NO/c1-3-5-7-8-20-31-29-19-18-27(21-28(29)22-30)26-16-14-25(15-17-26)24-12-10-23(11-13-24)9-6-4-2/h10-19,21H,3-9,20H2,1-2H3. The Morgan fingerprint density at radius 3 is 1.87 bits per heavy atom. The topological polar surface area (TPSA) is 33.0 Å². The van der Waals surface area contributed by atoms with Gasteiger partial charge >= 0.3 is 0 Å². The molecule has 3 aromatic carbocycles. The first kappa shape index (κ1) is 22.6. The van der Waals surface area contributed by atoms with Gasteiger partial charge < -0.3 is 4.74 Å². The molecule has 0 aliphatic rings. The highest BCUT2D eigenvalue weighted by Gasteiger charge is 2.07. The number of ether oxygens (including phenoxy) is 1. The van der Waals surface area contributed by atoms with Crippen molar-refractivity contribution >= 4 is 0 Å². The van der Waals surface area contributed by atoms with Crippen molar-refractivity contribution in [3.8, 4) is 34.1 Å². The van der Waals surface area contributed by atoms with Crippen LogP contribution in [0.2, 0.25) is 0 Å². The summed E-state index contributed by atoms with van der Waals surface area (Å²) in [6, 6.07) is 25.6. The second-order valence-electron chi connectivity index (χ2n) is 8.11. The lowest BCUT2D eigenvalue weighted by Gasteiger charge is -2.10. The number of benzene rings is 3. The van der Waals surface area contributed by atoms with Crippen molar-refractivity contribution in [2.75, 3.05) is 6.61 Å². The predicted molar refractivity (Wildman–Crippen MR) is 130 cm³/mol. The van der Waals surface area contributed by atoms with E-state index in [2.05, 4.69) is 68.4 Å². The van der Waals surface area contributed by atoms with Crippen LogP contribution in [0.5, 0.6) is 5.75 Å². The van der Waals surface area contributed by atoms with Gasteiger partial charge in [0.1, 0.15) is 11.8 Å². The molecule has 3 aromatic rings. The van der Waals surface area contributed by atoms with Gasteiger partial charge in [-0.25, -0.2) is 0 Å². The number of hydrogen-bond acceptors (Lipinski definition) is 2. The third kappa shape index (κ3) is 6.46. The second kappa shape index (κ2) is 12.0. The van der Waals surface area contributed by atoms with E-state index in [0.29, 0.717) is 17.9 Å². The quantitative estimate of drug-likeness (QED) is 0.298. The van der Waals surface area contributed by atoms with Gasteiger partial charge in [-0.05, 0) is 59.2 Å². The molecule has 0 bridgehead atoms. The Morgan fingerprint density at radius 2 is 1.26 bits per heavy atom. The van der Waals surface area contributed by atoms with Crippen LogP contribution < -0.4 is 4.74 Å². The number of aryl methyl sites for hydroxylation is 1. The van der Waals surface area contributed by atoms with Crippen LogP contribution in [0.25, 0.3) is 22.3 Å². The van der Waals surface area contributed by atoms with Crippen LogP contribution in [0.4, 0.5) is 0 Å². The molecule has 160 valence electrons. The van der Waals surface area contributed by atoms with Crippen LogP contribution in [-0.2, 0) is 6.42 Å². The Bertz CT molecular complexity index is 981. The van der Waals surface area contributed by atoms with Gasteiger partial charge in [0.05, 0.1) is 12.2 Å². The zero-order valence-electron chi connectivity index (χ0n) is 18.9. The lowest BCUT2D eigenvalue weighted by Crippen LogP contribution is -1.99. The summed E-state index contributed by atoms with van der Waals surface area (Å²) in [6.45, 7) is 5.09. The van der Waals surface area contributed by atoms with Crippen LogP contribution in [0.3, 0.4) is 0 Å². The normalized spacial score (nSPS) is 10.6. The van der Waals surface area contributed by atoms with Gasteiger partial charge in [0, 0.05) is 0 Å². The van der Waals surface area contributed by atoms with E-state index in [9.17, 15) is 5.26 Å². The van der Waals surface area contributed by atoms with Crippen molar-refractivity contribution < 1.29 is 4.74 Å². The van der Waals surface area contributed by atoms with Crippen molar-refractivity contribution in [1.29, 1.82) is 5.26 Å². The summed E-state index contributed by atoms with van der Waals surface area (Å²) >= 11 is 0. The first-order chi connectivity index (χ1) is 15.2. The zero-order chi connectivity index (χ0) is 21.9. The van der Waals surface area contributed by atoms with Crippen LogP contribution in [0.1, 0.15) is 63.5 Å². The maximum Gasteiger partial charge on any atom is 0.137 e. The molecule has 0 saturated heterocycles. The summed E-state index contributed by atoms with van der Waals surface area (Å²) in [6.07, 6.45) is 8.25. The van der Waals surface area contributed by atoms with Gasteiger partial charge in [0.25, 0.3) is 0 Å². The molecule has 0 amide bonds. The Labute approximate surface area is 187 Å². The highest BCUT2D eigenvalue weighted by Crippen LogP contribution is 2.29. The van der Waals surface area contributed by atoms with E-state index < -0.39 is 0 Å². The highest BCUT2D eigenvalue weighted by atomic mass is 16.5. The second-order valence-corrected chi connectivity index (χ2v) is 8.11. The molecular weight excluding hydrogens is 378 g/mol. The molecule has 0 saturated carbocycles. The average molecular weight is 412 g/mol. The largest absolute Gasteiger partial charge is 0.492 e. The molecule has 0 aromatic heterocycles. The van der Waals surface area contributed by atoms with Crippen LogP contribution in [0, 0.1) is 11.3 Å². The predicted octanol–water partition coefficient (Wildman–Crippen LogP) is 8.19. The van der Waals surface area contributed by atoms with Crippen LogP contribution >= 0.6 is 0 Å². The molecule has 31 heavy (non-hydrogen) atoms. The molecule has 0 spiro atoms. The number of hydrogen-bond donors (Lipinski definition) is 0. The highest BCUT2D eigenvalue weighted by molar-refractivity contribution is 5.72. The van der Waals surface area contributed by atoms with E-state index in [1.807, 2.05) is 18.2 Å². The Kier molecular flexibility index (Phi) is 8.73. The first-order valence-corrected chi connectivity index (χ1v) is 11.6. The summed E-state index contributed by atoms with van der Waals surface area (Å²) in [7, 11) is 0. The monoisotopic (exact) mass is 411 g/mol.